The van der Waals surface area contributed by atoms with Gasteiger partial charge in [-0.05, 0) is 54.7 Å². The highest BCUT2D eigenvalue weighted by Crippen LogP contribution is 2.30. The van der Waals surface area contributed by atoms with Crippen LogP contribution in [0.25, 0.3) is 16.7 Å². The molecule has 5 nitrogen and oxygen atoms in total. The van der Waals surface area contributed by atoms with Crippen molar-refractivity contribution in [3.8, 4) is 5.69 Å². The molecule has 0 unspecified atom stereocenters. The number of carbonyl (C=O) groups is 1. The molecule has 1 aliphatic rings. The van der Waals surface area contributed by atoms with Gasteiger partial charge in [-0.15, -0.1) is 0 Å². The molecule has 4 aromatic rings. The van der Waals surface area contributed by atoms with Gasteiger partial charge in [-0.25, -0.2) is 4.98 Å². The number of rotatable bonds is 4. The predicted octanol–water partition coefficient (Wildman–Crippen LogP) is 4.29. The van der Waals surface area contributed by atoms with Gasteiger partial charge in [0.25, 0.3) is 0 Å². The van der Waals surface area contributed by atoms with E-state index in [1.54, 1.807) is 18.8 Å². The van der Waals surface area contributed by atoms with Gasteiger partial charge in [-0.2, -0.15) is 0 Å². The minimum atomic E-state index is -0.0641. The summed E-state index contributed by atoms with van der Waals surface area (Å²) in [4.78, 5) is 16.8. The number of aromatic nitrogens is 2. The Morgan fingerprint density at radius 3 is 2.89 bits per heavy atom. The van der Waals surface area contributed by atoms with Crippen molar-refractivity contribution in [1.29, 1.82) is 0 Å². The topological polar surface area (TPSA) is 60.1 Å². The fourth-order valence-corrected chi connectivity index (χ4v) is 3.86. The Hall–Kier alpha value is -3.34. The number of nitrogens with zero attached hydrogens (tertiary/aromatic N) is 2. The van der Waals surface area contributed by atoms with Gasteiger partial charge in [-0.3, -0.25) is 4.79 Å². The summed E-state index contributed by atoms with van der Waals surface area (Å²) in [7, 11) is 0. The third kappa shape index (κ3) is 2.91. The second kappa shape index (κ2) is 6.43. The van der Waals surface area contributed by atoms with Gasteiger partial charge in [0, 0.05) is 23.3 Å². The zero-order valence-corrected chi connectivity index (χ0v) is 14.8. The van der Waals surface area contributed by atoms with Crippen molar-refractivity contribution in [3.63, 3.8) is 0 Å². The maximum atomic E-state index is 12.7. The summed E-state index contributed by atoms with van der Waals surface area (Å²) >= 11 is 0. The van der Waals surface area contributed by atoms with Crippen LogP contribution in [-0.4, -0.2) is 15.5 Å². The lowest BCUT2D eigenvalue weighted by Crippen LogP contribution is -2.15. The van der Waals surface area contributed by atoms with E-state index in [0.717, 1.165) is 40.7 Å². The highest BCUT2D eigenvalue weighted by atomic mass is 16.3. The second-order valence-corrected chi connectivity index (χ2v) is 6.94. The number of para-hydroxylation sites is 2. The van der Waals surface area contributed by atoms with Crippen LogP contribution in [0.5, 0.6) is 0 Å². The lowest BCUT2D eigenvalue weighted by molar-refractivity contribution is -0.115. The number of aryl methyl sites for hydroxylation is 2. The number of hydrogen-bond donors (Lipinski definition) is 1. The summed E-state index contributed by atoms with van der Waals surface area (Å²) in [6.07, 6.45) is 10.7. The van der Waals surface area contributed by atoms with Crippen LogP contribution in [0.15, 0.2) is 65.8 Å². The molecule has 2 aromatic carbocycles. The Morgan fingerprint density at radius 2 is 2.04 bits per heavy atom. The van der Waals surface area contributed by atoms with Crippen LogP contribution < -0.4 is 5.32 Å². The predicted molar refractivity (Wildman–Crippen MR) is 104 cm³/mol. The molecule has 5 rings (SSSR count). The quantitative estimate of drug-likeness (QED) is 0.593. The summed E-state index contributed by atoms with van der Waals surface area (Å²) < 4.78 is 7.60. The van der Waals surface area contributed by atoms with Gasteiger partial charge >= 0.3 is 0 Å². The SMILES string of the molecule is O=C(Cc1coc2cc3c(cc12)CCC3)Nc1ccccc1-n1ccnc1. The van der Waals surface area contributed by atoms with Gasteiger partial charge in [-0.1, -0.05) is 12.1 Å². The first-order valence-electron chi connectivity index (χ1n) is 9.17. The standard InChI is InChI=1S/C22H19N3O2/c26-22(24-19-6-1-2-7-20(19)25-9-8-23-14-25)12-17-13-27-21-11-16-5-3-4-15(16)10-18(17)21/h1-2,6-11,13-14H,3-5,12H2,(H,24,26). The normalized spacial score (nSPS) is 13.0. The molecule has 0 radical (unpaired) electrons. The molecule has 0 saturated heterocycles. The van der Waals surface area contributed by atoms with Gasteiger partial charge in [0.05, 0.1) is 30.4 Å². The number of furan rings is 1. The molecule has 27 heavy (non-hydrogen) atoms. The molecule has 2 aromatic heterocycles. The van der Waals surface area contributed by atoms with Crippen LogP contribution in [0.4, 0.5) is 5.69 Å². The minimum absolute atomic E-state index is 0.0641. The molecule has 2 heterocycles. The Kier molecular flexibility index (Phi) is 3.78. The molecule has 0 aliphatic heterocycles. The van der Waals surface area contributed by atoms with Crippen molar-refractivity contribution in [2.24, 2.45) is 0 Å². The smallest absolute Gasteiger partial charge is 0.228 e. The number of amides is 1. The van der Waals surface area contributed by atoms with Crippen LogP contribution in [-0.2, 0) is 24.1 Å². The maximum Gasteiger partial charge on any atom is 0.228 e. The number of hydrogen-bond acceptors (Lipinski definition) is 3. The Balaban J connectivity index is 1.40. The third-order valence-electron chi connectivity index (χ3n) is 5.18. The molecule has 1 amide bonds. The van der Waals surface area contributed by atoms with Gasteiger partial charge in [0.2, 0.25) is 5.91 Å². The van der Waals surface area contributed by atoms with Crippen LogP contribution in [0.3, 0.4) is 0 Å². The molecule has 5 heteroatoms. The molecule has 0 bridgehead atoms. The van der Waals surface area contributed by atoms with Crippen LogP contribution in [0.2, 0.25) is 0 Å². The van der Waals surface area contributed by atoms with Gasteiger partial charge in [0.15, 0.2) is 0 Å². The summed E-state index contributed by atoms with van der Waals surface area (Å²) in [5.74, 6) is -0.0641. The number of fused-ring (bicyclic) bond motifs is 2. The fraction of sp³-hybridized carbons (Fsp3) is 0.182. The van der Waals surface area contributed by atoms with Crippen LogP contribution in [0.1, 0.15) is 23.1 Å². The lowest BCUT2D eigenvalue weighted by atomic mass is 10.0. The van der Waals surface area contributed by atoms with Crippen molar-refractivity contribution in [1.82, 2.24) is 9.55 Å². The van der Waals surface area contributed by atoms with Gasteiger partial charge < -0.3 is 14.3 Å². The highest BCUT2D eigenvalue weighted by Gasteiger charge is 2.17. The van der Waals surface area contributed by atoms with Crippen molar-refractivity contribution >= 4 is 22.6 Å². The van der Waals surface area contributed by atoms with E-state index in [-0.39, 0.29) is 12.3 Å². The van der Waals surface area contributed by atoms with Crippen molar-refractivity contribution in [2.75, 3.05) is 5.32 Å². The number of anilines is 1. The average Bonchev–Trinajstić information content (AvgIpc) is 3.42. The van der Waals surface area contributed by atoms with Crippen LogP contribution in [0, 0.1) is 0 Å². The number of nitrogens with one attached hydrogen (secondary N) is 1. The number of carbonyl (C=O) groups excluding carboxylic acids is 1. The molecule has 0 spiro atoms. The molecular weight excluding hydrogens is 338 g/mol. The van der Waals surface area contributed by atoms with E-state index in [2.05, 4.69) is 22.4 Å². The number of benzene rings is 2. The van der Waals surface area contributed by atoms with Crippen molar-refractivity contribution in [3.05, 3.63) is 78.1 Å². The molecule has 1 aliphatic carbocycles. The van der Waals surface area contributed by atoms with E-state index in [0.29, 0.717) is 0 Å². The first-order valence-corrected chi connectivity index (χ1v) is 9.17. The Bertz CT molecular complexity index is 1130. The maximum absolute atomic E-state index is 12.7. The van der Waals surface area contributed by atoms with E-state index >= 15 is 0 Å². The lowest BCUT2D eigenvalue weighted by Gasteiger charge is -2.11. The van der Waals surface area contributed by atoms with E-state index in [1.165, 1.54) is 17.5 Å². The Morgan fingerprint density at radius 1 is 1.19 bits per heavy atom. The van der Waals surface area contributed by atoms with E-state index in [4.69, 9.17) is 4.42 Å². The zero-order chi connectivity index (χ0) is 18.2. The van der Waals surface area contributed by atoms with E-state index < -0.39 is 0 Å². The third-order valence-corrected chi connectivity index (χ3v) is 5.18. The molecule has 134 valence electrons. The molecular formula is C22H19N3O2. The van der Waals surface area contributed by atoms with Crippen LogP contribution >= 0.6 is 0 Å². The summed E-state index contributed by atoms with van der Waals surface area (Å²) in [6, 6.07) is 12.0. The fourth-order valence-electron chi connectivity index (χ4n) is 3.86. The highest BCUT2D eigenvalue weighted by molar-refractivity contribution is 5.97. The second-order valence-electron chi connectivity index (χ2n) is 6.94. The zero-order valence-electron chi connectivity index (χ0n) is 14.8. The summed E-state index contributed by atoms with van der Waals surface area (Å²) in [5, 5.41) is 4.07. The first kappa shape index (κ1) is 15.9. The van der Waals surface area contributed by atoms with Crippen molar-refractivity contribution in [2.45, 2.75) is 25.7 Å². The van der Waals surface area contributed by atoms with Crippen molar-refractivity contribution < 1.29 is 9.21 Å². The van der Waals surface area contributed by atoms with Gasteiger partial charge in [0.1, 0.15) is 5.58 Å². The molecule has 0 saturated carbocycles. The van der Waals surface area contributed by atoms with E-state index in [9.17, 15) is 4.79 Å². The van der Waals surface area contributed by atoms with E-state index in [1.807, 2.05) is 35.0 Å². The number of imidazole rings is 1. The molecule has 0 atom stereocenters. The largest absolute Gasteiger partial charge is 0.464 e. The first-order chi connectivity index (χ1) is 13.3. The molecule has 1 N–H and O–H groups in total. The minimum Gasteiger partial charge on any atom is -0.464 e. The summed E-state index contributed by atoms with van der Waals surface area (Å²) in [6.45, 7) is 0. The monoisotopic (exact) mass is 357 g/mol. The Labute approximate surface area is 156 Å². The average molecular weight is 357 g/mol. The summed E-state index contributed by atoms with van der Waals surface area (Å²) in [5.41, 5.74) is 6.21. The molecule has 0 fully saturated rings.